The van der Waals surface area contributed by atoms with Crippen molar-refractivity contribution in [1.82, 2.24) is 15.1 Å². The van der Waals surface area contributed by atoms with Crippen molar-refractivity contribution in [2.45, 2.75) is 50.6 Å². The Morgan fingerprint density at radius 3 is 2.61 bits per heavy atom. The quantitative estimate of drug-likeness (QED) is 0.749. The van der Waals surface area contributed by atoms with Gasteiger partial charge in [0.25, 0.3) is 0 Å². The van der Waals surface area contributed by atoms with Gasteiger partial charge in [0.15, 0.2) is 0 Å². The first kappa shape index (κ1) is 20.5. The fourth-order valence-electron chi connectivity index (χ4n) is 4.25. The summed E-state index contributed by atoms with van der Waals surface area (Å²) in [5.74, 6) is 0.538. The van der Waals surface area contributed by atoms with Crippen LogP contribution in [0.2, 0.25) is 0 Å². The number of piperidine rings is 1. The van der Waals surface area contributed by atoms with Gasteiger partial charge in [0, 0.05) is 25.2 Å². The van der Waals surface area contributed by atoms with Crippen LogP contribution in [0.25, 0.3) is 0 Å². The number of urea groups is 1. The van der Waals surface area contributed by atoms with Gasteiger partial charge in [0.05, 0.1) is 13.7 Å². The maximum atomic E-state index is 12.6. The van der Waals surface area contributed by atoms with Crippen molar-refractivity contribution in [2.75, 3.05) is 33.3 Å². The Morgan fingerprint density at radius 1 is 1.29 bits per heavy atom. The van der Waals surface area contributed by atoms with Crippen molar-refractivity contribution >= 4 is 12.0 Å². The number of nitrogens with one attached hydrogen (secondary N) is 1. The molecule has 0 unspecified atom stereocenters. The molecule has 1 aliphatic heterocycles. The summed E-state index contributed by atoms with van der Waals surface area (Å²) < 4.78 is 5.31. The van der Waals surface area contributed by atoms with Gasteiger partial charge in [0.2, 0.25) is 0 Å². The highest BCUT2D eigenvalue weighted by Gasteiger charge is 2.35. The highest BCUT2D eigenvalue weighted by atomic mass is 16.5. The van der Waals surface area contributed by atoms with Crippen molar-refractivity contribution < 1.29 is 19.4 Å². The average molecular weight is 389 g/mol. The van der Waals surface area contributed by atoms with Gasteiger partial charge in [-0.2, -0.15) is 0 Å². The molecule has 2 fully saturated rings. The number of hydrogen-bond donors (Lipinski definition) is 2. The number of likely N-dealkylation sites (tertiary alicyclic amines) is 1. The van der Waals surface area contributed by atoms with Gasteiger partial charge in [-0.15, -0.1) is 0 Å². The number of carboxylic acids is 1. The summed E-state index contributed by atoms with van der Waals surface area (Å²) in [6.07, 6.45) is 3.56. The number of likely N-dealkylation sites (N-methyl/N-ethyl adjacent to an activating group) is 1. The summed E-state index contributed by atoms with van der Waals surface area (Å²) in [4.78, 5) is 27.3. The van der Waals surface area contributed by atoms with Crippen LogP contribution in [0.4, 0.5) is 4.79 Å². The van der Waals surface area contributed by atoms with Crippen LogP contribution < -0.4 is 10.1 Å². The van der Waals surface area contributed by atoms with Crippen LogP contribution in [0.5, 0.6) is 5.75 Å². The van der Waals surface area contributed by atoms with E-state index >= 15 is 0 Å². The minimum absolute atomic E-state index is 0.00817. The molecule has 2 N–H and O–H groups in total. The molecule has 28 heavy (non-hydrogen) atoms. The van der Waals surface area contributed by atoms with E-state index in [0.29, 0.717) is 5.92 Å². The van der Waals surface area contributed by atoms with Gasteiger partial charge in [-0.1, -0.05) is 19.1 Å². The van der Waals surface area contributed by atoms with Gasteiger partial charge in [-0.05, 0) is 55.8 Å². The zero-order valence-corrected chi connectivity index (χ0v) is 16.8. The number of carbonyl (C=O) groups excluding carboxylic acids is 1. The third-order valence-electron chi connectivity index (χ3n) is 6.05. The topological polar surface area (TPSA) is 82.1 Å². The van der Waals surface area contributed by atoms with Crippen molar-refractivity contribution in [3.8, 4) is 5.75 Å². The molecule has 0 atom stereocenters. The molecule has 1 heterocycles. The Morgan fingerprint density at radius 2 is 2.00 bits per heavy atom. The molecular weight excluding hydrogens is 358 g/mol. The van der Waals surface area contributed by atoms with Crippen LogP contribution in [0, 0.1) is 0 Å². The molecule has 1 aliphatic carbocycles. The summed E-state index contributed by atoms with van der Waals surface area (Å²) in [5.41, 5.74) is 1.28. The van der Waals surface area contributed by atoms with E-state index < -0.39 is 5.97 Å². The molecule has 7 heteroatoms. The van der Waals surface area contributed by atoms with Gasteiger partial charge in [0.1, 0.15) is 5.75 Å². The van der Waals surface area contributed by atoms with Gasteiger partial charge in [-0.25, -0.2) is 4.79 Å². The Kier molecular flexibility index (Phi) is 6.78. The largest absolute Gasteiger partial charge is 0.497 e. The molecule has 1 aromatic carbocycles. The predicted molar refractivity (Wildman–Crippen MR) is 107 cm³/mol. The fraction of sp³-hybridized carbons (Fsp3) is 0.619. The summed E-state index contributed by atoms with van der Waals surface area (Å²) >= 11 is 0. The standard InChI is InChI=1S/C21H31N3O4/c1-3-23(14-20(25)26)18-12-17(13-18)22-21(27)24-9-7-15(8-10-24)16-5-4-6-19(11-16)28-2/h4-6,11,15,17-18H,3,7-10,12-14H2,1-2H3,(H,22,27)(H,25,26). The second kappa shape index (κ2) is 9.28. The molecule has 1 saturated heterocycles. The van der Waals surface area contributed by atoms with Crippen LogP contribution >= 0.6 is 0 Å². The van der Waals surface area contributed by atoms with E-state index in [1.165, 1.54) is 5.56 Å². The van der Waals surface area contributed by atoms with Gasteiger partial charge in [-0.3, -0.25) is 9.69 Å². The lowest BCUT2D eigenvalue weighted by Crippen LogP contribution is -2.57. The van der Waals surface area contributed by atoms with Crippen molar-refractivity contribution in [3.63, 3.8) is 0 Å². The fourth-order valence-corrected chi connectivity index (χ4v) is 4.25. The lowest BCUT2D eigenvalue weighted by atomic mass is 9.85. The zero-order valence-electron chi connectivity index (χ0n) is 16.8. The maximum absolute atomic E-state index is 12.6. The normalized spacial score (nSPS) is 22.6. The van der Waals surface area contributed by atoms with E-state index in [9.17, 15) is 9.59 Å². The Balaban J connectivity index is 1.42. The van der Waals surface area contributed by atoms with E-state index in [1.807, 2.05) is 28.9 Å². The average Bonchev–Trinajstić information content (AvgIpc) is 2.68. The molecule has 0 spiro atoms. The minimum Gasteiger partial charge on any atom is -0.497 e. The lowest BCUT2D eigenvalue weighted by Gasteiger charge is -2.43. The first-order valence-electron chi connectivity index (χ1n) is 10.1. The maximum Gasteiger partial charge on any atom is 0.317 e. The molecule has 7 nitrogen and oxygen atoms in total. The summed E-state index contributed by atoms with van der Waals surface area (Å²) in [7, 11) is 1.68. The Labute approximate surface area is 166 Å². The van der Waals surface area contributed by atoms with Crippen LogP contribution in [-0.2, 0) is 4.79 Å². The molecule has 154 valence electrons. The van der Waals surface area contributed by atoms with Crippen LogP contribution in [0.1, 0.15) is 44.1 Å². The second-order valence-electron chi connectivity index (χ2n) is 7.77. The SMILES string of the molecule is CCN(CC(=O)O)C1CC(NC(=O)N2CCC(c3cccc(OC)c3)CC2)C1. The third-order valence-corrected chi connectivity index (χ3v) is 6.05. The number of carboxylic acid groups (broad SMARTS) is 1. The second-order valence-corrected chi connectivity index (χ2v) is 7.77. The number of ether oxygens (including phenoxy) is 1. The zero-order chi connectivity index (χ0) is 20.1. The van der Waals surface area contributed by atoms with Gasteiger partial charge < -0.3 is 20.1 Å². The van der Waals surface area contributed by atoms with E-state index in [1.54, 1.807) is 7.11 Å². The number of aliphatic carboxylic acids is 1. The Hall–Kier alpha value is -2.28. The van der Waals surface area contributed by atoms with Crippen molar-refractivity contribution in [2.24, 2.45) is 0 Å². The summed E-state index contributed by atoms with van der Waals surface area (Å²) in [6.45, 7) is 4.27. The van der Waals surface area contributed by atoms with Crippen LogP contribution in [-0.4, -0.2) is 72.3 Å². The first-order valence-corrected chi connectivity index (χ1v) is 10.1. The molecular formula is C21H31N3O4. The molecule has 2 amide bonds. The number of nitrogens with zero attached hydrogens (tertiary/aromatic N) is 2. The number of carbonyl (C=O) groups is 2. The molecule has 3 rings (SSSR count). The van der Waals surface area contributed by atoms with Gasteiger partial charge >= 0.3 is 12.0 Å². The number of amides is 2. The van der Waals surface area contributed by atoms with Crippen LogP contribution in [0.15, 0.2) is 24.3 Å². The highest BCUT2D eigenvalue weighted by molar-refractivity contribution is 5.75. The predicted octanol–water partition coefficient (Wildman–Crippen LogP) is 2.52. The molecule has 1 aromatic rings. The van der Waals surface area contributed by atoms with Crippen molar-refractivity contribution in [3.05, 3.63) is 29.8 Å². The van der Waals surface area contributed by atoms with Crippen LogP contribution in [0.3, 0.4) is 0 Å². The molecule has 0 bridgehead atoms. The van der Waals surface area contributed by atoms with E-state index in [2.05, 4.69) is 17.4 Å². The number of hydrogen-bond acceptors (Lipinski definition) is 4. The summed E-state index contributed by atoms with van der Waals surface area (Å²) in [5, 5.41) is 12.1. The summed E-state index contributed by atoms with van der Waals surface area (Å²) in [6, 6.07) is 8.60. The minimum atomic E-state index is -0.798. The number of benzene rings is 1. The first-order chi connectivity index (χ1) is 13.5. The smallest absolute Gasteiger partial charge is 0.317 e. The number of methoxy groups -OCH3 is 1. The molecule has 2 aliphatic rings. The molecule has 0 radical (unpaired) electrons. The molecule has 1 saturated carbocycles. The van der Waals surface area contributed by atoms with E-state index in [4.69, 9.17) is 9.84 Å². The third kappa shape index (κ3) is 4.95. The molecule has 0 aromatic heterocycles. The number of rotatable bonds is 7. The van der Waals surface area contributed by atoms with E-state index in [0.717, 1.165) is 51.1 Å². The monoisotopic (exact) mass is 389 g/mol. The lowest BCUT2D eigenvalue weighted by molar-refractivity contribution is -0.139. The Bertz CT molecular complexity index is 682. The van der Waals surface area contributed by atoms with Crippen molar-refractivity contribution in [1.29, 1.82) is 0 Å². The highest BCUT2D eigenvalue weighted by Crippen LogP contribution is 2.30. The van der Waals surface area contributed by atoms with E-state index in [-0.39, 0.29) is 24.7 Å².